The lowest BCUT2D eigenvalue weighted by molar-refractivity contribution is 0.245. The number of sulfonamides is 1. The van der Waals surface area contributed by atoms with Crippen molar-refractivity contribution in [3.63, 3.8) is 0 Å². The number of urea groups is 1. The maximum atomic E-state index is 13.4. The summed E-state index contributed by atoms with van der Waals surface area (Å²) >= 11 is 0. The smallest absolute Gasteiger partial charge is 0.322 e. The van der Waals surface area contributed by atoms with Crippen LogP contribution in [0.25, 0.3) is 11.1 Å². The third-order valence-electron chi connectivity index (χ3n) is 7.87. The van der Waals surface area contributed by atoms with Crippen molar-refractivity contribution in [2.75, 3.05) is 18.6 Å². The van der Waals surface area contributed by atoms with Crippen LogP contribution in [0, 0.1) is 13.8 Å². The van der Waals surface area contributed by atoms with Gasteiger partial charge in [-0.05, 0) is 96.5 Å². The Morgan fingerprint density at radius 3 is 2.38 bits per heavy atom. The van der Waals surface area contributed by atoms with Crippen LogP contribution in [0.15, 0.2) is 59.5 Å². The zero-order valence-electron chi connectivity index (χ0n) is 21.5. The van der Waals surface area contributed by atoms with E-state index in [4.69, 9.17) is 9.88 Å². The van der Waals surface area contributed by atoms with Crippen molar-refractivity contribution in [3.05, 3.63) is 76.9 Å². The van der Waals surface area contributed by atoms with Gasteiger partial charge in [0.15, 0.2) is 0 Å². The van der Waals surface area contributed by atoms with Gasteiger partial charge < -0.3 is 10.1 Å². The fraction of sp³-hybridized carbons (Fsp3) is 0.345. The number of primary sulfonamides is 1. The predicted molar refractivity (Wildman–Crippen MR) is 145 cm³/mol. The van der Waals surface area contributed by atoms with Crippen LogP contribution in [0.4, 0.5) is 10.5 Å². The molecule has 0 aromatic heterocycles. The van der Waals surface area contributed by atoms with Crippen molar-refractivity contribution in [1.29, 1.82) is 0 Å². The number of ether oxygens (including phenoxy) is 1. The van der Waals surface area contributed by atoms with E-state index in [1.807, 2.05) is 4.90 Å². The van der Waals surface area contributed by atoms with E-state index in [1.165, 1.54) is 23.3 Å². The summed E-state index contributed by atoms with van der Waals surface area (Å²) < 4.78 is 28.5. The Balaban J connectivity index is 1.42. The van der Waals surface area contributed by atoms with Crippen LogP contribution >= 0.6 is 0 Å². The quantitative estimate of drug-likeness (QED) is 0.486. The highest BCUT2D eigenvalue weighted by Crippen LogP contribution is 2.51. The first-order chi connectivity index (χ1) is 17.6. The summed E-state index contributed by atoms with van der Waals surface area (Å²) in [5.74, 6) is 0.886. The molecule has 194 valence electrons. The second-order valence-corrected chi connectivity index (χ2v) is 11.9. The van der Waals surface area contributed by atoms with Gasteiger partial charge in [-0.15, -0.1) is 0 Å². The first-order valence-electron chi connectivity index (χ1n) is 12.6. The Kier molecular flexibility index (Phi) is 6.50. The van der Waals surface area contributed by atoms with Gasteiger partial charge in [0.05, 0.1) is 12.0 Å². The summed E-state index contributed by atoms with van der Waals surface area (Å²) in [6, 6.07) is 16.8. The average Bonchev–Trinajstić information content (AvgIpc) is 3.48. The molecule has 8 heteroatoms. The number of benzene rings is 3. The van der Waals surface area contributed by atoms with Crippen LogP contribution in [0.5, 0.6) is 5.75 Å². The number of aryl methyl sites for hydroxylation is 2. The molecule has 3 aromatic rings. The molecule has 1 aliphatic carbocycles. The molecule has 2 aliphatic rings. The third-order valence-corrected chi connectivity index (χ3v) is 8.80. The Hall–Kier alpha value is -3.36. The average molecular weight is 520 g/mol. The number of methoxy groups -OCH3 is 1. The highest BCUT2D eigenvalue weighted by Gasteiger charge is 2.46. The fourth-order valence-corrected chi connectivity index (χ4v) is 6.40. The van der Waals surface area contributed by atoms with Crippen molar-refractivity contribution < 1.29 is 17.9 Å². The molecule has 2 amide bonds. The first-order valence-corrected chi connectivity index (χ1v) is 14.1. The number of carbonyl (C=O) groups excluding carboxylic acids is 1. The van der Waals surface area contributed by atoms with Gasteiger partial charge in [0.25, 0.3) is 0 Å². The highest BCUT2D eigenvalue weighted by molar-refractivity contribution is 7.89. The van der Waals surface area contributed by atoms with E-state index in [9.17, 15) is 13.2 Å². The first kappa shape index (κ1) is 25.3. The molecule has 1 fully saturated rings. The topological polar surface area (TPSA) is 102 Å². The second kappa shape index (κ2) is 9.50. The fourth-order valence-electron chi connectivity index (χ4n) is 5.89. The lowest BCUT2D eigenvalue weighted by Gasteiger charge is -2.25. The van der Waals surface area contributed by atoms with Gasteiger partial charge in [0.2, 0.25) is 10.0 Å². The summed E-state index contributed by atoms with van der Waals surface area (Å²) in [6.45, 7) is 5.13. The van der Waals surface area contributed by atoms with Crippen LogP contribution < -0.4 is 20.1 Å². The monoisotopic (exact) mass is 519 g/mol. The summed E-state index contributed by atoms with van der Waals surface area (Å²) in [6.07, 6.45) is 4.47. The zero-order valence-corrected chi connectivity index (χ0v) is 22.3. The second-order valence-electron chi connectivity index (χ2n) is 10.3. The van der Waals surface area contributed by atoms with Crippen molar-refractivity contribution in [2.24, 2.45) is 5.14 Å². The van der Waals surface area contributed by atoms with Gasteiger partial charge in [-0.2, -0.15) is 0 Å². The number of hydrogen-bond donors (Lipinski definition) is 2. The number of hydrogen-bond acceptors (Lipinski definition) is 4. The number of nitrogens with two attached hydrogens (primary N) is 1. The number of nitrogens with one attached hydrogen (secondary N) is 1. The molecule has 0 saturated heterocycles. The van der Waals surface area contributed by atoms with Crippen molar-refractivity contribution in [3.8, 4) is 16.9 Å². The van der Waals surface area contributed by atoms with E-state index < -0.39 is 10.0 Å². The number of rotatable bonds is 5. The summed E-state index contributed by atoms with van der Waals surface area (Å²) in [5.41, 5.74) is 7.59. The minimum Gasteiger partial charge on any atom is -0.496 e. The number of carbonyl (C=O) groups is 1. The Morgan fingerprint density at radius 1 is 1.03 bits per heavy atom. The van der Waals surface area contributed by atoms with Crippen molar-refractivity contribution in [2.45, 2.75) is 56.4 Å². The van der Waals surface area contributed by atoms with Crippen LogP contribution in [0.2, 0.25) is 0 Å². The van der Waals surface area contributed by atoms with E-state index in [2.05, 4.69) is 49.5 Å². The zero-order chi connectivity index (χ0) is 26.4. The molecule has 37 heavy (non-hydrogen) atoms. The van der Waals surface area contributed by atoms with Gasteiger partial charge in [-0.25, -0.2) is 18.4 Å². The summed E-state index contributed by atoms with van der Waals surface area (Å²) in [4.78, 5) is 15.3. The van der Waals surface area contributed by atoms with Gasteiger partial charge in [0.1, 0.15) is 5.75 Å². The summed E-state index contributed by atoms with van der Waals surface area (Å²) in [7, 11) is -2.05. The van der Waals surface area contributed by atoms with E-state index in [1.54, 1.807) is 19.2 Å². The third kappa shape index (κ3) is 4.71. The SMILES string of the molecule is COc1cc(C)c(-c2ccc3c(c2)C2(CCCC2)CN3C(=O)NCc2ccc(S(N)(=O)=O)cc2)cc1C. The minimum absolute atomic E-state index is 0.0186. The van der Waals surface area contributed by atoms with Crippen molar-refractivity contribution in [1.82, 2.24) is 5.32 Å². The molecular weight excluding hydrogens is 486 g/mol. The van der Waals surface area contributed by atoms with E-state index in [0.717, 1.165) is 59.4 Å². The molecule has 0 unspecified atom stereocenters. The van der Waals surface area contributed by atoms with Crippen LogP contribution in [0.1, 0.15) is 47.9 Å². The highest BCUT2D eigenvalue weighted by atomic mass is 32.2. The lowest BCUT2D eigenvalue weighted by Crippen LogP contribution is -2.41. The molecule has 3 aromatic carbocycles. The maximum Gasteiger partial charge on any atom is 0.322 e. The Labute approximate surface area is 218 Å². The standard InChI is InChI=1S/C29H33N3O4S/c1-19-15-27(36-3)20(2)14-24(19)22-8-11-26-25(16-22)29(12-4-5-13-29)18-32(26)28(33)31-17-21-6-9-23(10-7-21)37(30,34)35/h6-11,14-16H,4-5,12-13,17-18H2,1-3H3,(H,31,33)(H2,30,34,35). The molecule has 1 aliphatic heterocycles. The molecule has 3 N–H and O–H groups in total. The molecule has 1 heterocycles. The number of anilines is 1. The van der Waals surface area contributed by atoms with Gasteiger partial charge >= 0.3 is 6.03 Å². The molecule has 0 bridgehead atoms. The molecule has 0 atom stereocenters. The predicted octanol–water partition coefficient (Wildman–Crippen LogP) is 5.17. The number of fused-ring (bicyclic) bond motifs is 2. The Morgan fingerprint density at radius 2 is 1.73 bits per heavy atom. The minimum atomic E-state index is -3.74. The summed E-state index contributed by atoms with van der Waals surface area (Å²) in [5, 5.41) is 8.19. The van der Waals surface area contributed by atoms with Gasteiger partial charge in [-0.1, -0.05) is 31.0 Å². The van der Waals surface area contributed by atoms with Gasteiger partial charge in [0, 0.05) is 24.2 Å². The van der Waals surface area contributed by atoms with E-state index in [-0.39, 0.29) is 16.3 Å². The number of nitrogens with zero attached hydrogens (tertiary/aromatic N) is 1. The molecule has 7 nitrogen and oxygen atoms in total. The molecule has 5 rings (SSSR count). The molecule has 1 saturated carbocycles. The van der Waals surface area contributed by atoms with Crippen molar-refractivity contribution >= 4 is 21.7 Å². The largest absolute Gasteiger partial charge is 0.496 e. The molecule has 0 radical (unpaired) electrons. The van der Waals surface area contributed by atoms with Crippen LogP contribution in [-0.4, -0.2) is 28.1 Å². The van der Waals surface area contributed by atoms with Crippen LogP contribution in [0.3, 0.4) is 0 Å². The Bertz CT molecular complexity index is 1460. The van der Waals surface area contributed by atoms with E-state index >= 15 is 0 Å². The molecule has 1 spiro atoms. The maximum absolute atomic E-state index is 13.4. The lowest BCUT2D eigenvalue weighted by atomic mass is 9.79. The van der Waals surface area contributed by atoms with Crippen LogP contribution in [-0.2, 0) is 22.0 Å². The normalized spacial score (nSPS) is 16.2. The van der Waals surface area contributed by atoms with Gasteiger partial charge in [-0.3, -0.25) is 4.90 Å². The number of amides is 2. The van der Waals surface area contributed by atoms with E-state index in [0.29, 0.717) is 13.1 Å². The molecular formula is C29H33N3O4S.